The largest absolute Gasteiger partial charge is 0.480 e. The highest BCUT2D eigenvalue weighted by molar-refractivity contribution is 5.87. The number of aliphatic carboxylic acids is 1. The Morgan fingerprint density at radius 1 is 1.50 bits per heavy atom. The summed E-state index contributed by atoms with van der Waals surface area (Å²) in [6, 6.07) is -0.831. The van der Waals surface area contributed by atoms with Crippen LogP contribution in [0.2, 0.25) is 0 Å². The van der Waals surface area contributed by atoms with Crippen molar-refractivity contribution in [2.24, 2.45) is 5.92 Å². The van der Waals surface area contributed by atoms with E-state index in [0.29, 0.717) is 0 Å². The predicted octanol–water partition coefficient (Wildman–Crippen LogP) is 0.518. The summed E-state index contributed by atoms with van der Waals surface area (Å²) in [7, 11) is 0. The normalized spacial score (nSPS) is 12.5. The van der Waals surface area contributed by atoms with Crippen molar-refractivity contribution in [1.82, 2.24) is 15.0 Å². The molecule has 1 aromatic rings. The second-order valence-electron chi connectivity index (χ2n) is 3.76. The minimum atomic E-state index is -1.00. The van der Waals surface area contributed by atoms with E-state index >= 15 is 0 Å². The van der Waals surface area contributed by atoms with Gasteiger partial charge in [0, 0.05) is 6.92 Å². The van der Waals surface area contributed by atoms with Gasteiger partial charge in [-0.2, -0.15) is 9.90 Å². The van der Waals surface area contributed by atoms with Crippen LogP contribution >= 0.6 is 0 Å². The first-order valence-electron chi connectivity index (χ1n) is 4.84. The van der Waals surface area contributed by atoms with Gasteiger partial charge in [-0.05, 0) is 5.92 Å². The molecule has 0 radical (unpaired) electrons. The van der Waals surface area contributed by atoms with E-state index in [-0.39, 0.29) is 17.6 Å². The van der Waals surface area contributed by atoms with Crippen molar-refractivity contribution in [1.29, 1.82) is 0 Å². The van der Waals surface area contributed by atoms with Gasteiger partial charge in [0.2, 0.25) is 5.91 Å². The van der Waals surface area contributed by atoms with Crippen LogP contribution < -0.4 is 5.32 Å². The number of carbonyl (C=O) groups excluding carboxylic acids is 1. The smallest absolute Gasteiger partial charge is 0.330 e. The summed E-state index contributed by atoms with van der Waals surface area (Å²) >= 11 is 0. The monoisotopic (exact) mass is 226 g/mol. The molecule has 1 aromatic heterocycles. The van der Waals surface area contributed by atoms with Crippen LogP contribution in [0, 0.1) is 5.92 Å². The van der Waals surface area contributed by atoms with Crippen molar-refractivity contribution in [3.8, 4) is 0 Å². The maximum atomic E-state index is 11.0. The number of anilines is 1. The Morgan fingerprint density at radius 3 is 2.56 bits per heavy atom. The van der Waals surface area contributed by atoms with Crippen LogP contribution in [-0.2, 0) is 9.59 Å². The third-order valence-electron chi connectivity index (χ3n) is 1.95. The predicted molar refractivity (Wildman–Crippen MR) is 55.8 cm³/mol. The molecule has 1 atom stereocenters. The summed E-state index contributed by atoms with van der Waals surface area (Å²) in [6.07, 6.45) is 1.32. The van der Waals surface area contributed by atoms with E-state index in [2.05, 4.69) is 15.5 Å². The third-order valence-corrected chi connectivity index (χ3v) is 1.95. The lowest BCUT2D eigenvalue weighted by atomic mass is 10.1. The van der Waals surface area contributed by atoms with E-state index in [4.69, 9.17) is 5.11 Å². The number of carboxylic acids is 1. The van der Waals surface area contributed by atoms with Gasteiger partial charge in [0.1, 0.15) is 0 Å². The molecule has 2 N–H and O–H groups in total. The van der Waals surface area contributed by atoms with Crippen LogP contribution in [0.25, 0.3) is 0 Å². The van der Waals surface area contributed by atoms with Gasteiger partial charge in [0.15, 0.2) is 11.9 Å². The standard InChI is InChI=1S/C9H14N4O3/c1-5(2)8(9(15)16)13-10-4-7(12-13)11-6(3)14/h4-5,8H,1-3H3,(H,15,16)(H,11,12,14). The summed E-state index contributed by atoms with van der Waals surface area (Å²) < 4.78 is 0. The fourth-order valence-corrected chi connectivity index (χ4v) is 1.30. The van der Waals surface area contributed by atoms with Gasteiger partial charge in [-0.3, -0.25) is 4.79 Å². The van der Waals surface area contributed by atoms with Crippen molar-refractivity contribution in [2.75, 3.05) is 5.32 Å². The van der Waals surface area contributed by atoms with Crippen LogP contribution in [0.3, 0.4) is 0 Å². The topological polar surface area (TPSA) is 97.1 Å². The molecule has 0 fully saturated rings. The second-order valence-corrected chi connectivity index (χ2v) is 3.76. The SMILES string of the molecule is CC(=O)Nc1cnn(C(C(=O)O)C(C)C)n1. The van der Waals surface area contributed by atoms with E-state index in [1.165, 1.54) is 13.1 Å². The molecule has 0 spiro atoms. The number of aromatic nitrogens is 3. The first-order chi connectivity index (χ1) is 7.41. The number of rotatable bonds is 4. The molecule has 0 bridgehead atoms. The van der Waals surface area contributed by atoms with E-state index in [0.717, 1.165) is 4.80 Å². The number of amides is 1. The molecule has 0 aliphatic heterocycles. The first kappa shape index (κ1) is 12.2. The maximum absolute atomic E-state index is 11.0. The molecule has 7 nitrogen and oxygen atoms in total. The Balaban J connectivity index is 2.90. The zero-order valence-electron chi connectivity index (χ0n) is 9.34. The van der Waals surface area contributed by atoms with Crippen molar-refractivity contribution in [3.05, 3.63) is 6.20 Å². The Labute approximate surface area is 92.4 Å². The Morgan fingerprint density at radius 2 is 2.12 bits per heavy atom. The van der Waals surface area contributed by atoms with Gasteiger partial charge in [-0.1, -0.05) is 13.8 Å². The second kappa shape index (κ2) is 4.73. The average Bonchev–Trinajstić information content (AvgIpc) is 2.50. The molecule has 1 rings (SSSR count). The number of carboxylic acid groups (broad SMARTS) is 1. The number of hydrogen-bond donors (Lipinski definition) is 2. The Hall–Kier alpha value is -1.92. The van der Waals surface area contributed by atoms with Crippen molar-refractivity contribution in [2.45, 2.75) is 26.8 Å². The molecule has 7 heteroatoms. The van der Waals surface area contributed by atoms with Crippen molar-refractivity contribution in [3.63, 3.8) is 0 Å². The zero-order chi connectivity index (χ0) is 12.3. The summed E-state index contributed by atoms with van der Waals surface area (Å²) in [5.41, 5.74) is 0. The van der Waals surface area contributed by atoms with Crippen LogP contribution in [0.1, 0.15) is 26.8 Å². The van der Waals surface area contributed by atoms with E-state index < -0.39 is 12.0 Å². The van der Waals surface area contributed by atoms with E-state index in [9.17, 15) is 9.59 Å². The first-order valence-corrected chi connectivity index (χ1v) is 4.84. The summed E-state index contributed by atoms with van der Waals surface area (Å²) in [5.74, 6) is -1.17. The lowest BCUT2D eigenvalue weighted by Gasteiger charge is -2.14. The molecule has 1 heterocycles. The molecule has 16 heavy (non-hydrogen) atoms. The molecule has 0 saturated carbocycles. The van der Waals surface area contributed by atoms with Gasteiger partial charge in [0.25, 0.3) is 0 Å². The van der Waals surface area contributed by atoms with Crippen molar-refractivity contribution < 1.29 is 14.7 Å². The number of nitrogens with one attached hydrogen (secondary N) is 1. The lowest BCUT2D eigenvalue weighted by molar-refractivity contribution is -0.143. The highest BCUT2D eigenvalue weighted by Crippen LogP contribution is 2.16. The van der Waals surface area contributed by atoms with Crippen LogP contribution in [0.4, 0.5) is 5.82 Å². The van der Waals surface area contributed by atoms with Crippen LogP contribution in [0.15, 0.2) is 6.20 Å². The van der Waals surface area contributed by atoms with E-state index in [1.807, 2.05) is 0 Å². The zero-order valence-corrected chi connectivity index (χ0v) is 9.34. The molecule has 1 amide bonds. The maximum Gasteiger partial charge on any atom is 0.330 e. The highest BCUT2D eigenvalue weighted by Gasteiger charge is 2.25. The van der Waals surface area contributed by atoms with Gasteiger partial charge in [-0.25, -0.2) is 4.79 Å². The van der Waals surface area contributed by atoms with Gasteiger partial charge < -0.3 is 10.4 Å². The van der Waals surface area contributed by atoms with Crippen molar-refractivity contribution >= 4 is 17.7 Å². The summed E-state index contributed by atoms with van der Waals surface area (Å²) in [4.78, 5) is 22.8. The van der Waals surface area contributed by atoms with E-state index in [1.54, 1.807) is 13.8 Å². The van der Waals surface area contributed by atoms with Gasteiger partial charge in [-0.15, -0.1) is 5.10 Å². The molecule has 0 aliphatic rings. The van der Waals surface area contributed by atoms with Crippen LogP contribution in [0.5, 0.6) is 0 Å². The molecule has 0 aromatic carbocycles. The Bertz CT molecular complexity index is 399. The molecule has 1 unspecified atom stereocenters. The highest BCUT2D eigenvalue weighted by atomic mass is 16.4. The quantitative estimate of drug-likeness (QED) is 0.780. The molecule has 0 saturated heterocycles. The third kappa shape index (κ3) is 2.78. The molecule has 0 aliphatic carbocycles. The number of carbonyl (C=O) groups is 2. The number of hydrogen-bond acceptors (Lipinski definition) is 4. The Kier molecular flexibility index (Phi) is 3.60. The van der Waals surface area contributed by atoms with Crippen LogP contribution in [-0.4, -0.2) is 32.0 Å². The molecule has 88 valence electrons. The van der Waals surface area contributed by atoms with Gasteiger partial charge >= 0.3 is 5.97 Å². The van der Waals surface area contributed by atoms with Gasteiger partial charge in [0.05, 0.1) is 6.20 Å². The summed E-state index contributed by atoms with van der Waals surface area (Å²) in [5, 5.41) is 19.1. The fraction of sp³-hybridized carbons (Fsp3) is 0.556. The molecular formula is C9H14N4O3. The number of nitrogens with zero attached hydrogens (tertiary/aromatic N) is 3. The summed E-state index contributed by atoms with van der Waals surface area (Å²) in [6.45, 7) is 4.87. The molecular weight excluding hydrogens is 212 g/mol. The fourth-order valence-electron chi connectivity index (χ4n) is 1.30. The lowest BCUT2D eigenvalue weighted by Crippen LogP contribution is -2.26. The minimum Gasteiger partial charge on any atom is -0.480 e. The minimum absolute atomic E-state index is 0.143. The average molecular weight is 226 g/mol.